The molecule has 0 spiro atoms. The van der Waals surface area contributed by atoms with Crippen LogP contribution in [0.15, 0.2) is 23.2 Å². The van der Waals surface area contributed by atoms with Gasteiger partial charge in [0, 0.05) is 56.1 Å². The topological polar surface area (TPSA) is 58.1 Å². The zero-order valence-electron chi connectivity index (χ0n) is 16.5. The second-order valence-corrected chi connectivity index (χ2v) is 6.76. The van der Waals surface area contributed by atoms with Crippen molar-refractivity contribution in [1.29, 1.82) is 0 Å². The van der Waals surface area contributed by atoms with Crippen LogP contribution in [-0.4, -0.2) is 52.4 Å². The fraction of sp³-hybridized carbons (Fsp3) is 0.632. The average molecular weight is 476 g/mol. The summed E-state index contributed by atoms with van der Waals surface area (Å²) in [5.74, 6) is 3.10. The molecule has 1 aliphatic rings. The number of ether oxygens (including phenoxy) is 2. The van der Waals surface area contributed by atoms with Crippen LogP contribution in [0.4, 0.5) is 5.69 Å². The normalized spacial score (nSPS) is 17.1. The number of methoxy groups -OCH3 is 2. The van der Waals surface area contributed by atoms with Gasteiger partial charge < -0.3 is 25.0 Å². The quantitative estimate of drug-likeness (QED) is 0.360. The van der Waals surface area contributed by atoms with E-state index < -0.39 is 0 Å². The molecule has 0 aliphatic carbocycles. The molecule has 7 heteroatoms. The van der Waals surface area contributed by atoms with Crippen molar-refractivity contribution in [2.75, 3.05) is 45.3 Å². The van der Waals surface area contributed by atoms with Crippen LogP contribution in [0.3, 0.4) is 0 Å². The Morgan fingerprint density at radius 1 is 1.23 bits per heavy atom. The van der Waals surface area contributed by atoms with Crippen LogP contribution in [0.5, 0.6) is 11.5 Å². The van der Waals surface area contributed by atoms with Gasteiger partial charge in [-0.05, 0) is 19.3 Å². The first-order valence-corrected chi connectivity index (χ1v) is 9.08. The number of nitrogens with one attached hydrogen (secondary N) is 2. The van der Waals surface area contributed by atoms with Crippen LogP contribution in [0.25, 0.3) is 0 Å². The molecule has 2 N–H and O–H groups in total. The molecule has 0 radical (unpaired) electrons. The van der Waals surface area contributed by atoms with Gasteiger partial charge in [0.1, 0.15) is 11.5 Å². The third kappa shape index (κ3) is 6.74. The van der Waals surface area contributed by atoms with Gasteiger partial charge in [-0.3, -0.25) is 4.99 Å². The minimum absolute atomic E-state index is 0. The molecule has 0 bridgehead atoms. The molecule has 1 fully saturated rings. The number of hydrogen-bond donors (Lipinski definition) is 2. The summed E-state index contributed by atoms with van der Waals surface area (Å²) < 4.78 is 10.8. The highest BCUT2D eigenvalue weighted by Gasteiger charge is 2.24. The number of halogens is 1. The van der Waals surface area contributed by atoms with Crippen LogP contribution in [0, 0.1) is 5.92 Å². The van der Waals surface area contributed by atoms with Gasteiger partial charge in [0.25, 0.3) is 0 Å². The van der Waals surface area contributed by atoms with Gasteiger partial charge >= 0.3 is 0 Å². The van der Waals surface area contributed by atoms with E-state index in [-0.39, 0.29) is 24.0 Å². The highest BCUT2D eigenvalue weighted by atomic mass is 127. The molecule has 1 heterocycles. The molecule has 148 valence electrons. The van der Waals surface area contributed by atoms with E-state index >= 15 is 0 Å². The summed E-state index contributed by atoms with van der Waals surface area (Å²) in [6.07, 6.45) is 1.08. The van der Waals surface area contributed by atoms with Crippen LogP contribution in [0.2, 0.25) is 0 Å². The van der Waals surface area contributed by atoms with Crippen LogP contribution in [-0.2, 0) is 0 Å². The predicted octanol–water partition coefficient (Wildman–Crippen LogP) is 3.11. The molecule has 0 aromatic heterocycles. The van der Waals surface area contributed by atoms with E-state index in [4.69, 9.17) is 9.47 Å². The molecule has 1 aromatic rings. The second kappa shape index (κ2) is 11.4. The summed E-state index contributed by atoms with van der Waals surface area (Å²) in [6.45, 7) is 10.1. The molecule has 1 unspecified atom stereocenters. The highest BCUT2D eigenvalue weighted by molar-refractivity contribution is 14.0. The first-order valence-electron chi connectivity index (χ1n) is 9.08. The van der Waals surface area contributed by atoms with Gasteiger partial charge in [-0.25, -0.2) is 0 Å². The number of guanidine groups is 1. The van der Waals surface area contributed by atoms with Crippen molar-refractivity contribution in [2.45, 2.75) is 33.2 Å². The number of anilines is 1. The highest BCUT2D eigenvalue weighted by Crippen LogP contribution is 2.30. The Kier molecular flexibility index (Phi) is 9.90. The summed E-state index contributed by atoms with van der Waals surface area (Å²) in [5, 5.41) is 6.90. The van der Waals surface area contributed by atoms with Gasteiger partial charge in [-0.1, -0.05) is 13.8 Å². The number of nitrogens with zero attached hydrogens (tertiary/aromatic N) is 2. The Hall–Kier alpha value is -1.38. The molecule has 1 saturated heterocycles. The van der Waals surface area contributed by atoms with E-state index in [1.54, 1.807) is 14.2 Å². The van der Waals surface area contributed by atoms with Crippen molar-refractivity contribution in [2.24, 2.45) is 10.9 Å². The van der Waals surface area contributed by atoms with Crippen LogP contribution < -0.4 is 25.0 Å². The Balaban J connectivity index is 0.00000338. The minimum atomic E-state index is 0. The van der Waals surface area contributed by atoms with Gasteiger partial charge in [-0.2, -0.15) is 0 Å². The van der Waals surface area contributed by atoms with Gasteiger partial charge in [0.05, 0.1) is 14.2 Å². The minimum Gasteiger partial charge on any atom is -0.497 e. The van der Waals surface area contributed by atoms with Gasteiger partial charge in [0.2, 0.25) is 0 Å². The maximum atomic E-state index is 5.38. The first kappa shape index (κ1) is 22.7. The van der Waals surface area contributed by atoms with E-state index in [9.17, 15) is 0 Å². The average Bonchev–Trinajstić information content (AvgIpc) is 3.08. The molecule has 1 aromatic carbocycles. The summed E-state index contributed by atoms with van der Waals surface area (Å²) in [6, 6.07) is 6.39. The van der Waals surface area contributed by atoms with Crippen LogP contribution >= 0.6 is 24.0 Å². The summed E-state index contributed by atoms with van der Waals surface area (Å²) >= 11 is 0. The monoisotopic (exact) mass is 476 g/mol. The Morgan fingerprint density at radius 2 is 1.88 bits per heavy atom. The number of benzene rings is 1. The van der Waals surface area contributed by atoms with E-state index in [1.165, 1.54) is 0 Å². The lowest BCUT2D eigenvalue weighted by molar-refractivity contribution is 0.394. The van der Waals surface area contributed by atoms with Crippen molar-refractivity contribution >= 4 is 35.6 Å². The van der Waals surface area contributed by atoms with Crippen molar-refractivity contribution in [3.63, 3.8) is 0 Å². The third-order valence-corrected chi connectivity index (χ3v) is 4.19. The van der Waals surface area contributed by atoms with E-state index in [0.29, 0.717) is 12.0 Å². The SMILES string of the molecule is CCNC(=NCC(C)C)NC1CCN(c2cc(OC)cc(OC)c2)C1.I. The zero-order valence-corrected chi connectivity index (χ0v) is 18.9. The molecule has 2 rings (SSSR count). The molecular formula is C19H33IN4O2. The van der Waals surface area contributed by atoms with Crippen molar-refractivity contribution in [3.8, 4) is 11.5 Å². The lowest BCUT2D eigenvalue weighted by Crippen LogP contribution is -2.44. The summed E-state index contributed by atoms with van der Waals surface area (Å²) in [5.41, 5.74) is 1.13. The van der Waals surface area contributed by atoms with Crippen molar-refractivity contribution in [3.05, 3.63) is 18.2 Å². The number of rotatable bonds is 7. The Labute approximate surface area is 174 Å². The zero-order chi connectivity index (χ0) is 18.2. The largest absolute Gasteiger partial charge is 0.497 e. The standard InChI is InChI=1S/C19H32N4O2.HI/c1-6-20-19(21-12-14(2)3)22-15-7-8-23(13-15)16-9-17(24-4)11-18(10-16)25-5;/h9-11,14-15H,6-8,12-13H2,1-5H3,(H2,20,21,22);1H. The second-order valence-electron chi connectivity index (χ2n) is 6.76. The lowest BCUT2D eigenvalue weighted by Gasteiger charge is -2.21. The Morgan fingerprint density at radius 3 is 2.42 bits per heavy atom. The molecular weight excluding hydrogens is 443 g/mol. The van der Waals surface area contributed by atoms with E-state index in [1.807, 2.05) is 6.07 Å². The van der Waals surface area contributed by atoms with Crippen molar-refractivity contribution in [1.82, 2.24) is 10.6 Å². The summed E-state index contributed by atoms with van der Waals surface area (Å²) in [4.78, 5) is 7.02. The molecule has 1 atom stereocenters. The number of hydrogen-bond acceptors (Lipinski definition) is 4. The maximum absolute atomic E-state index is 5.38. The van der Waals surface area contributed by atoms with E-state index in [0.717, 1.165) is 55.7 Å². The predicted molar refractivity (Wildman–Crippen MR) is 120 cm³/mol. The molecule has 1 aliphatic heterocycles. The maximum Gasteiger partial charge on any atom is 0.191 e. The van der Waals surface area contributed by atoms with Crippen molar-refractivity contribution < 1.29 is 9.47 Å². The first-order chi connectivity index (χ1) is 12.0. The molecule has 0 amide bonds. The molecule has 26 heavy (non-hydrogen) atoms. The van der Waals surface area contributed by atoms with Gasteiger partial charge in [-0.15, -0.1) is 24.0 Å². The smallest absolute Gasteiger partial charge is 0.191 e. The summed E-state index contributed by atoms with van der Waals surface area (Å²) in [7, 11) is 3.36. The third-order valence-electron chi connectivity index (χ3n) is 4.19. The van der Waals surface area contributed by atoms with E-state index in [2.05, 4.69) is 53.4 Å². The fourth-order valence-electron chi connectivity index (χ4n) is 2.87. The lowest BCUT2D eigenvalue weighted by atomic mass is 10.2. The Bertz CT molecular complexity index is 558. The molecule has 6 nitrogen and oxygen atoms in total. The van der Waals surface area contributed by atoms with Gasteiger partial charge in [0.15, 0.2) is 5.96 Å². The fourth-order valence-corrected chi connectivity index (χ4v) is 2.87. The number of aliphatic imine (C=N–C) groups is 1. The van der Waals surface area contributed by atoms with Crippen LogP contribution in [0.1, 0.15) is 27.2 Å². The molecule has 0 saturated carbocycles.